The Kier molecular flexibility index (Phi) is 4.22. The highest BCUT2D eigenvalue weighted by atomic mass is 16.6. The fourth-order valence-electron chi connectivity index (χ4n) is 4.76. The summed E-state index contributed by atoms with van der Waals surface area (Å²) in [4.78, 5) is 23.3. The van der Waals surface area contributed by atoms with Gasteiger partial charge in [-0.2, -0.15) is 0 Å². The van der Waals surface area contributed by atoms with Crippen LogP contribution in [0.1, 0.15) is 63.5 Å². The first-order valence-electron chi connectivity index (χ1n) is 8.74. The molecule has 5 atom stereocenters. The number of aliphatic hydroxyl groups is 1. The number of esters is 2. The topological polar surface area (TPSA) is 86.0 Å². The third-order valence-corrected chi connectivity index (χ3v) is 6.31. The molecule has 0 bridgehead atoms. The van der Waals surface area contributed by atoms with E-state index in [0.717, 1.165) is 11.1 Å². The number of ether oxygens (including phenoxy) is 2. The molecule has 0 aliphatic heterocycles. The first-order valence-corrected chi connectivity index (χ1v) is 8.74. The van der Waals surface area contributed by atoms with E-state index in [0.29, 0.717) is 25.0 Å². The Morgan fingerprint density at radius 2 is 1.92 bits per heavy atom. The number of hydrogen-bond donors (Lipinski definition) is 1. The molecule has 138 valence electrons. The molecule has 1 aromatic rings. The van der Waals surface area contributed by atoms with Crippen LogP contribution in [0.5, 0.6) is 0 Å². The highest BCUT2D eigenvalue weighted by Gasteiger charge is 2.65. The minimum Gasteiger partial charge on any atom is -0.469 e. The lowest BCUT2D eigenvalue weighted by atomic mass is 9.51. The van der Waals surface area contributed by atoms with Crippen molar-refractivity contribution in [2.75, 3.05) is 0 Å². The van der Waals surface area contributed by atoms with Crippen molar-refractivity contribution < 1.29 is 28.6 Å². The van der Waals surface area contributed by atoms with E-state index in [9.17, 15) is 14.7 Å². The van der Waals surface area contributed by atoms with Crippen molar-refractivity contribution in [3.63, 3.8) is 0 Å². The van der Waals surface area contributed by atoms with Gasteiger partial charge in [-0.05, 0) is 25.3 Å². The lowest BCUT2D eigenvalue weighted by Gasteiger charge is -2.58. The Bertz CT molecular complexity index is 707. The molecule has 1 aromatic heterocycles. The van der Waals surface area contributed by atoms with Crippen molar-refractivity contribution >= 4 is 11.9 Å². The normalized spacial score (nSPS) is 37.0. The van der Waals surface area contributed by atoms with E-state index >= 15 is 0 Å². The van der Waals surface area contributed by atoms with Crippen molar-refractivity contribution in [2.24, 2.45) is 11.3 Å². The number of aryl methyl sites for hydroxylation is 1. The molecule has 2 aliphatic carbocycles. The fraction of sp³-hybridized carbons (Fsp3) is 0.684. The SMILES string of the molecule is CC(=O)O[C@H]1CC[C@]2(O)Cc3occ(C)c3[C@@H](OC(C)=O)[C@]2(C)[C@H]1C. The van der Waals surface area contributed by atoms with Crippen LogP contribution in [0.15, 0.2) is 10.7 Å². The first kappa shape index (κ1) is 18.0. The molecule has 0 saturated heterocycles. The summed E-state index contributed by atoms with van der Waals surface area (Å²) >= 11 is 0. The van der Waals surface area contributed by atoms with E-state index in [1.54, 1.807) is 6.26 Å². The third-order valence-electron chi connectivity index (χ3n) is 6.31. The number of carbonyl (C=O) groups is 2. The van der Waals surface area contributed by atoms with Crippen LogP contribution in [0.4, 0.5) is 0 Å². The van der Waals surface area contributed by atoms with Crippen LogP contribution >= 0.6 is 0 Å². The molecule has 25 heavy (non-hydrogen) atoms. The van der Waals surface area contributed by atoms with Crippen molar-refractivity contribution in [2.45, 2.75) is 71.7 Å². The third kappa shape index (κ3) is 2.58. The number of furan rings is 1. The summed E-state index contributed by atoms with van der Waals surface area (Å²) in [6.45, 7) is 8.54. The van der Waals surface area contributed by atoms with Crippen LogP contribution in [0.2, 0.25) is 0 Å². The molecule has 1 heterocycles. The summed E-state index contributed by atoms with van der Waals surface area (Å²) in [6.07, 6.45) is 2.04. The second-order valence-electron chi connectivity index (χ2n) is 7.71. The molecule has 1 fully saturated rings. The predicted octanol–water partition coefficient (Wildman–Crippen LogP) is 2.85. The Morgan fingerprint density at radius 1 is 1.28 bits per heavy atom. The molecule has 3 rings (SSSR count). The standard InChI is InChI=1S/C19H26O6/c1-10-9-23-15-8-19(22)7-6-14(24-12(3)20)11(2)18(19,5)17(16(10)15)25-13(4)21/h9,11,14,17,22H,6-8H2,1-5H3/t11-,14-,17+,18-,19-/m0/s1. The van der Waals surface area contributed by atoms with Crippen molar-refractivity contribution in [3.05, 3.63) is 23.2 Å². The minimum absolute atomic E-state index is 0.193. The van der Waals surface area contributed by atoms with Gasteiger partial charge in [0.05, 0.1) is 11.9 Å². The number of carbonyl (C=O) groups excluding carboxylic acids is 2. The number of hydrogen-bond acceptors (Lipinski definition) is 6. The molecule has 1 saturated carbocycles. The zero-order valence-corrected chi connectivity index (χ0v) is 15.4. The highest BCUT2D eigenvalue weighted by Crippen LogP contribution is 2.61. The van der Waals surface area contributed by atoms with Gasteiger partial charge in [0.15, 0.2) is 0 Å². The minimum atomic E-state index is -1.10. The van der Waals surface area contributed by atoms with Gasteiger partial charge in [-0.15, -0.1) is 0 Å². The maximum Gasteiger partial charge on any atom is 0.303 e. The molecule has 2 aliphatic rings. The Labute approximate surface area is 147 Å². The highest BCUT2D eigenvalue weighted by molar-refractivity contribution is 5.67. The van der Waals surface area contributed by atoms with E-state index in [1.807, 2.05) is 20.8 Å². The lowest BCUT2D eigenvalue weighted by molar-refractivity contribution is -0.234. The molecule has 1 N–H and O–H groups in total. The van der Waals surface area contributed by atoms with Gasteiger partial charge in [-0.3, -0.25) is 9.59 Å². The Hall–Kier alpha value is -1.82. The van der Waals surface area contributed by atoms with Crippen molar-refractivity contribution in [1.29, 1.82) is 0 Å². The van der Waals surface area contributed by atoms with E-state index in [1.165, 1.54) is 13.8 Å². The van der Waals surface area contributed by atoms with E-state index in [4.69, 9.17) is 13.9 Å². The van der Waals surface area contributed by atoms with E-state index < -0.39 is 23.1 Å². The molecular formula is C19H26O6. The Morgan fingerprint density at radius 3 is 2.52 bits per heavy atom. The van der Waals surface area contributed by atoms with Crippen LogP contribution in [-0.2, 0) is 25.5 Å². The monoisotopic (exact) mass is 350 g/mol. The summed E-state index contributed by atoms with van der Waals surface area (Å²) in [5, 5.41) is 11.5. The van der Waals surface area contributed by atoms with E-state index in [-0.39, 0.29) is 18.0 Å². The van der Waals surface area contributed by atoms with Gasteiger partial charge >= 0.3 is 11.9 Å². The van der Waals surface area contributed by atoms with Crippen LogP contribution in [0.25, 0.3) is 0 Å². The average Bonchev–Trinajstić information content (AvgIpc) is 2.86. The van der Waals surface area contributed by atoms with Gasteiger partial charge in [0.25, 0.3) is 0 Å². The zero-order chi connectivity index (χ0) is 18.6. The van der Waals surface area contributed by atoms with Gasteiger partial charge in [0.2, 0.25) is 0 Å². The summed E-state index contributed by atoms with van der Waals surface area (Å²) < 4.78 is 16.9. The van der Waals surface area contributed by atoms with Gasteiger partial charge in [-0.25, -0.2) is 0 Å². The van der Waals surface area contributed by atoms with Gasteiger partial charge in [0, 0.05) is 37.2 Å². The van der Waals surface area contributed by atoms with E-state index in [2.05, 4.69) is 0 Å². The lowest BCUT2D eigenvalue weighted by Crippen LogP contribution is -2.63. The van der Waals surface area contributed by atoms with Gasteiger partial charge in [0.1, 0.15) is 18.0 Å². The molecule has 0 aromatic carbocycles. The second kappa shape index (κ2) is 5.87. The Balaban J connectivity index is 2.12. The molecule has 0 radical (unpaired) electrons. The smallest absolute Gasteiger partial charge is 0.303 e. The second-order valence-corrected chi connectivity index (χ2v) is 7.71. The van der Waals surface area contributed by atoms with Crippen molar-refractivity contribution in [3.8, 4) is 0 Å². The fourth-order valence-corrected chi connectivity index (χ4v) is 4.76. The summed E-state index contributed by atoms with van der Waals surface area (Å²) in [7, 11) is 0. The zero-order valence-electron chi connectivity index (χ0n) is 15.4. The number of fused-ring (bicyclic) bond motifs is 2. The molecule has 6 nitrogen and oxygen atoms in total. The summed E-state index contributed by atoms with van der Waals surface area (Å²) in [5.74, 6) is -0.279. The van der Waals surface area contributed by atoms with Crippen LogP contribution in [0, 0.1) is 18.3 Å². The molecule has 6 heteroatoms. The van der Waals surface area contributed by atoms with Crippen LogP contribution in [-0.4, -0.2) is 28.8 Å². The quantitative estimate of drug-likeness (QED) is 0.826. The molecule has 0 unspecified atom stereocenters. The first-order chi connectivity index (χ1) is 11.6. The average molecular weight is 350 g/mol. The molecule has 0 amide bonds. The van der Waals surface area contributed by atoms with Crippen LogP contribution in [0.3, 0.4) is 0 Å². The maximum absolute atomic E-state index is 11.8. The van der Waals surface area contributed by atoms with Crippen LogP contribution < -0.4 is 0 Å². The maximum atomic E-state index is 11.8. The number of rotatable bonds is 2. The largest absolute Gasteiger partial charge is 0.469 e. The molecular weight excluding hydrogens is 324 g/mol. The van der Waals surface area contributed by atoms with Gasteiger partial charge in [-0.1, -0.05) is 13.8 Å². The summed E-state index contributed by atoms with van der Waals surface area (Å²) in [5.41, 5.74) is -0.164. The molecule has 0 spiro atoms. The predicted molar refractivity (Wildman–Crippen MR) is 88.7 cm³/mol. The summed E-state index contributed by atoms with van der Waals surface area (Å²) in [6, 6.07) is 0. The van der Waals surface area contributed by atoms with Gasteiger partial charge < -0.3 is 19.0 Å². The van der Waals surface area contributed by atoms with Crippen molar-refractivity contribution in [1.82, 2.24) is 0 Å².